The van der Waals surface area contributed by atoms with Crippen LogP contribution in [0, 0.1) is 10.1 Å². The maximum Gasteiger partial charge on any atom is 0.273 e. The van der Waals surface area contributed by atoms with Crippen LogP contribution in [0.15, 0.2) is 18.2 Å². The largest absolute Gasteiger partial charge is 0.494 e. The molecule has 0 aliphatic rings. The lowest BCUT2D eigenvalue weighted by Gasteiger charge is -2.26. The first-order valence-corrected chi connectivity index (χ1v) is 8.09. The Labute approximate surface area is 152 Å². The molecule has 2 N–H and O–H groups in total. The quantitative estimate of drug-likeness (QED) is 0.562. The van der Waals surface area contributed by atoms with Crippen LogP contribution in [-0.2, 0) is 9.59 Å². The molecule has 0 aliphatic carbocycles. The minimum absolute atomic E-state index is 0.0588. The molecule has 0 bridgehead atoms. The van der Waals surface area contributed by atoms with Crippen molar-refractivity contribution >= 4 is 23.2 Å². The van der Waals surface area contributed by atoms with Gasteiger partial charge in [-0.15, -0.1) is 0 Å². The number of anilines is 1. The summed E-state index contributed by atoms with van der Waals surface area (Å²) in [7, 11) is 3.03. The maximum atomic E-state index is 12.4. The lowest BCUT2D eigenvalue weighted by molar-refractivity contribution is -0.384. The smallest absolute Gasteiger partial charge is 0.273 e. The molecule has 26 heavy (non-hydrogen) atoms. The molecule has 0 aliphatic heterocycles. The van der Waals surface area contributed by atoms with Crippen molar-refractivity contribution in [2.24, 2.45) is 0 Å². The van der Waals surface area contributed by atoms with Crippen molar-refractivity contribution in [1.29, 1.82) is 0 Å². The summed E-state index contributed by atoms with van der Waals surface area (Å²) in [4.78, 5) is 36.3. The molecule has 144 valence electrons. The number of benzene rings is 1. The van der Waals surface area contributed by atoms with Crippen LogP contribution in [0.2, 0.25) is 0 Å². The first-order chi connectivity index (χ1) is 11.9. The molecular formula is C17H26N4O5. The van der Waals surface area contributed by atoms with Gasteiger partial charge in [-0.3, -0.25) is 24.6 Å². The number of carbonyl (C=O) groups is 2. The molecule has 0 saturated heterocycles. The molecule has 9 heteroatoms. The fourth-order valence-corrected chi connectivity index (χ4v) is 2.16. The van der Waals surface area contributed by atoms with Gasteiger partial charge in [0, 0.05) is 11.6 Å². The first kappa shape index (κ1) is 21.4. The number of hydrogen-bond acceptors (Lipinski definition) is 6. The third kappa shape index (κ3) is 6.32. The van der Waals surface area contributed by atoms with E-state index in [0.717, 1.165) is 0 Å². The summed E-state index contributed by atoms with van der Waals surface area (Å²) in [5.74, 6) is -0.358. The standard InChI is InChI=1S/C17H26N4O5/c1-11(20(5)10-15(22)19-17(2,3)4)16(23)18-13-8-7-12(21(24)25)9-14(13)26-6/h7-9,11H,10H2,1-6H3,(H,18,23)(H,19,22)/t11-/m0/s1. The summed E-state index contributed by atoms with van der Waals surface area (Å²) >= 11 is 0. The van der Waals surface area contributed by atoms with Crippen LogP contribution in [0.5, 0.6) is 5.75 Å². The molecule has 1 rings (SSSR count). The van der Waals surface area contributed by atoms with Gasteiger partial charge in [0.05, 0.1) is 36.4 Å². The molecule has 0 saturated carbocycles. The van der Waals surface area contributed by atoms with Crippen LogP contribution < -0.4 is 15.4 Å². The van der Waals surface area contributed by atoms with Crippen molar-refractivity contribution in [2.75, 3.05) is 26.0 Å². The first-order valence-electron chi connectivity index (χ1n) is 8.09. The number of nitrogens with one attached hydrogen (secondary N) is 2. The second kappa shape index (κ2) is 8.61. The molecule has 1 aromatic carbocycles. The lowest BCUT2D eigenvalue weighted by atomic mass is 10.1. The number of nitro benzene ring substituents is 1. The lowest BCUT2D eigenvalue weighted by Crippen LogP contribution is -2.49. The Morgan fingerprint density at radius 2 is 1.96 bits per heavy atom. The molecule has 0 spiro atoms. The van der Waals surface area contributed by atoms with Gasteiger partial charge in [0.2, 0.25) is 11.8 Å². The predicted octanol–water partition coefficient (Wildman–Crippen LogP) is 1.78. The number of non-ortho nitro benzene ring substituents is 1. The number of nitrogens with zero attached hydrogens (tertiary/aromatic N) is 2. The van der Waals surface area contributed by atoms with E-state index in [2.05, 4.69) is 10.6 Å². The Morgan fingerprint density at radius 1 is 1.35 bits per heavy atom. The highest BCUT2D eigenvalue weighted by molar-refractivity contribution is 5.96. The Morgan fingerprint density at radius 3 is 2.46 bits per heavy atom. The van der Waals surface area contributed by atoms with Crippen LogP contribution >= 0.6 is 0 Å². The summed E-state index contributed by atoms with van der Waals surface area (Å²) < 4.78 is 5.10. The third-order valence-electron chi connectivity index (χ3n) is 3.60. The maximum absolute atomic E-state index is 12.4. The molecular weight excluding hydrogens is 340 g/mol. The highest BCUT2D eigenvalue weighted by Crippen LogP contribution is 2.29. The summed E-state index contributed by atoms with van der Waals surface area (Å²) in [6.07, 6.45) is 0. The van der Waals surface area contributed by atoms with E-state index in [-0.39, 0.29) is 35.3 Å². The summed E-state index contributed by atoms with van der Waals surface area (Å²) in [6, 6.07) is 3.33. The van der Waals surface area contributed by atoms with Crippen LogP contribution in [0.3, 0.4) is 0 Å². The van der Waals surface area contributed by atoms with E-state index >= 15 is 0 Å². The number of carbonyl (C=O) groups excluding carboxylic acids is 2. The fraction of sp³-hybridized carbons (Fsp3) is 0.529. The molecule has 0 aromatic heterocycles. The van der Waals surface area contributed by atoms with Gasteiger partial charge in [-0.2, -0.15) is 0 Å². The number of amides is 2. The van der Waals surface area contributed by atoms with Crippen LogP contribution in [0.1, 0.15) is 27.7 Å². The molecule has 0 radical (unpaired) electrons. The molecule has 0 fully saturated rings. The zero-order chi connectivity index (χ0) is 20.1. The van der Waals surface area contributed by atoms with Crippen molar-refractivity contribution < 1.29 is 19.2 Å². The molecule has 2 amide bonds. The normalized spacial score (nSPS) is 12.4. The van der Waals surface area contributed by atoms with Gasteiger partial charge in [0.15, 0.2) is 0 Å². The third-order valence-corrected chi connectivity index (χ3v) is 3.60. The van der Waals surface area contributed by atoms with Gasteiger partial charge in [0.25, 0.3) is 5.69 Å². The monoisotopic (exact) mass is 366 g/mol. The summed E-state index contributed by atoms with van der Waals surface area (Å²) in [5, 5.41) is 16.3. The Balaban J connectivity index is 2.77. The van der Waals surface area contributed by atoms with Crippen LogP contribution in [-0.4, -0.2) is 53.9 Å². The zero-order valence-electron chi connectivity index (χ0n) is 16.0. The number of rotatable bonds is 7. The second-order valence-corrected chi connectivity index (χ2v) is 7.02. The number of methoxy groups -OCH3 is 1. The van der Waals surface area contributed by atoms with Gasteiger partial charge in [-0.05, 0) is 40.8 Å². The van der Waals surface area contributed by atoms with E-state index in [4.69, 9.17) is 4.74 Å². The Hall–Kier alpha value is -2.68. The second-order valence-electron chi connectivity index (χ2n) is 7.02. The average Bonchev–Trinajstić information content (AvgIpc) is 2.52. The van der Waals surface area contributed by atoms with E-state index < -0.39 is 11.0 Å². The van der Waals surface area contributed by atoms with E-state index in [1.165, 1.54) is 25.3 Å². The molecule has 0 heterocycles. The van der Waals surface area contributed by atoms with E-state index in [9.17, 15) is 19.7 Å². The van der Waals surface area contributed by atoms with Crippen molar-refractivity contribution in [3.05, 3.63) is 28.3 Å². The van der Waals surface area contributed by atoms with E-state index in [0.29, 0.717) is 5.69 Å². The summed E-state index contributed by atoms with van der Waals surface area (Å²) in [6.45, 7) is 7.35. The van der Waals surface area contributed by atoms with Crippen molar-refractivity contribution in [1.82, 2.24) is 10.2 Å². The predicted molar refractivity (Wildman–Crippen MR) is 98.3 cm³/mol. The Bertz CT molecular complexity index is 684. The van der Waals surface area contributed by atoms with Crippen LogP contribution in [0.4, 0.5) is 11.4 Å². The number of hydrogen-bond donors (Lipinski definition) is 2. The van der Waals surface area contributed by atoms with E-state index in [1.807, 2.05) is 20.8 Å². The molecule has 0 unspecified atom stereocenters. The van der Waals surface area contributed by atoms with Gasteiger partial charge in [-0.25, -0.2) is 0 Å². The van der Waals surface area contributed by atoms with Gasteiger partial charge in [-0.1, -0.05) is 0 Å². The Kier molecular flexibility index (Phi) is 7.08. The number of ether oxygens (including phenoxy) is 1. The van der Waals surface area contributed by atoms with Gasteiger partial charge < -0.3 is 15.4 Å². The minimum atomic E-state index is -0.597. The molecule has 9 nitrogen and oxygen atoms in total. The fourth-order valence-electron chi connectivity index (χ4n) is 2.16. The molecule has 1 aromatic rings. The topological polar surface area (TPSA) is 114 Å². The van der Waals surface area contributed by atoms with Crippen LogP contribution in [0.25, 0.3) is 0 Å². The van der Waals surface area contributed by atoms with Crippen molar-refractivity contribution in [2.45, 2.75) is 39.3 Å². The zero-order valence-corrected chi connectivity index (χ0v) is 16.0. The van der Waals surface area contributed by atoms with E-state index in [1.54, 1.807) is 18.9 Å². The highest BCUT2D eigenvalue weighted by Gasteiger charge is 2.23. The molecule has 1 atom stereocenters. The minimum Gasteiger partial charge on any atom is -0.494 e. The summed E-state index contributed by atoms with van der Waals surface area (Å²) in [5.41, 5.74) is -0.165. The number of nitro groups is 1. The highest BCUT2D eigenvalue weighted by atomic mass is 16.6. The van der Waals surface area contributed by atoms with Crippen molar-refractivity contribution in [3.63, 3.8) is 0 Å². The SMILES string of the molecule is COc1cc([N+](=O)[O-])ccc1NC(=O)[C@H](C)N(C)CC(=O)NC(C)(C)C. The van der Waals surface area contributed by atoms with Gasteiger partial charge >= 0.3 is 0 Å². The van der Waals surface area contributed by atoms with Crippen molar-refractivity contribution in [3.8, 4) is 5.75 Å². The number of likely N-dealkylation sites (N-methyl/N-ethyl adjacent to an activating group) is 1. The van der Waals surface area contributed by atoms with Gasteiger partial charge in [0.1, 0.15) is 5.75 Å². The average molecular weight is 366 g/mol.